The van der Waals surface area contributed by atoms with Crippen LogP contribution in [0.25, 0.3) is 0 Å². The molecule has 1 atom stereocenters. The molecule has 1 unspecified atom stereocenters. The number of hydrogen-bond acceptors (Lipinski definition) is 2. The molecule has 1 N–H and O–H groups in total. The second-order valence-corrected chi connectivity index (χ2v) is 6.17. The first kappa shape index (κ1) is 15.6. The van der Waals surface area contributed by atoms with Gasteiger partial charge in [0.15, 0.2) is 0 Å². The topological polar surface area (TPSA) is 15.3 Å². The number of nitrogens with zero attached hydrogens (tertiary/aromatic N) is 1. The van der Waals surface area contributed by atoms with Crippen LogP contribution in [-0.2, 0) is 0 Å². The fourth-order valence-electron chi connectivity index (χ4n) is 2.96. The molecule has 1 heterocycles. The van der Waals surface area contributed by atoms with E-state index in [1.54, 1.807) is 12.1 Å². The van der Waals surface area contributed by atoms with Gasteiger partial charge in [-0.1, -0.05) is 18.5 Å². The number of piperidine rings is 1. The quantitative estimate of drug-likeness (QED) is 0.866. The van der Waals surface area contributed by atoms with Crippen LogP contribution in [0.1, 0.15) is 33.1 Å². The molecule has 1 aliphatic heterocycles. The van der Waals surface area contributed by atoms with Gasteiger partial charge in [-0.15, -0.1) is 0 Å². The highest BCUT2D eigenvalue weighted by atomic mass is 35.5. The summed E-state index contributed by atoms with van der Waals surface area (Å²) in [4.78, 5) is 2.52. The van der Waals surface area contributed by atoms with Crippen LogP contribution >= 0.6 is 11.6 Å². The number of rotatable bonds is 5. The first-order valence-electron chi connectivity index (χ1n) is 7.54. The molecule has 1 aromatic carbocycles. The average molecular weight is 299 g/mol. The Balaban J connectivity index is 1.89. The van der Waals surface area contributed by atoms with Crippen molar-refractivity contribution in [1.82, 2.24) is 4.90 Å². The molecule has 0 saturated carbocycles. The third kappa shape index (κ3) is 4.10. The molecule has 0 aromatic heterocycles. The summed E-state index contributed by atoms with van der Waals surface area (Å²) in [5, 5.41) is 3.86. The molecule has 1 aliphatic rings. The summed E-state index contributed by atoms with van der Waals surface area (Å²) >= 11 is 5.93. The summed E-state index contributed by atoms with van der Waals surface area (Å²) < 4.78 is 13.7. The van der Waals surface area contributed by atoms with E-state index < -0.39 is 0 Å². The molecule has 1 aromatic rings. The first-order valence-corrected chi connectivity index (χ1v) is 7.92. The fourth-order valence-corrected chi connectivity index (χ4v) is 3.14. The van der Waals surface area contributed by atoms with Gasteiger partial charge >= 0.3 is 0 Å². The van der Waals surface area contributed by atoms with Gasteiger partial charge < -0.3 is 10.2 Å². The first-order chi connectivity index (χ1) is 9.60. The van der Waals surface area contributed by atoms with E-state index in [0.717, 1.165) is 13.1 Å². The van der Waals surface area contributed by atoms with Crippen molar-refractivity contribution in [2.45, 2.75) is 39.2 Å². The highest BCUT2D eigenvalue weighted by molar-refractivity contribution is 6.30. The molecule has 2 nitrogen and oxygen atoms in total. The van der Waals surface area contributed by atoms with Crippen LogP contribution < -0.4 is 5.32 Å². The number of nitrogens with one attached hydrogen (secondary N) is 1. The van der Waals surface area contributed by atoms with Crippen LogP contribution in [0, 0.1) is 11.7 Å². The van der Waals surface area contributed by atoms with Gasteiger partial charge in [-0.05, 0) is 69.9 Å². The Hall–Kier alpha value is -0.800. The Morgan fingerprint density at radius 3 is 2.75 bits per heavy atom. The SMILES string of the molecule is CCCN1CCC(C(C)Nc2cc(Cl)ccc2F)CC1. The molecule has 2 rings (SSSR count). The zero-order chi connectivity index (χ0) is 14.5. The number of anilines is 1. The lowest BCUT2D eigenvalue weighted by atomic mass is 9.90. The summed E-state index contributed by atoms with van der Waals surface area (Å²) in [6, 6.07) is 4.93. The molecule has 1 fully saturated rings. The smallest absolute Gasteiger partial charge is 0.146 e. The van der Waals surface area contributed by atoms with Gasteiger partial charge in [-0.3, -0.25) is 0 Å². The maximum atomic E-state index is 13.7. The molecule has 0 aliphatic carbocycles. The average Bonchev–Trinajstić information content (AvgIpc) is 2.44. The second kappa shape index (κ2) is 7.28. The third-order valence-electron chi connectivity index (χ3n) is 4.19. The number of benzene rings is 1. The molecule has 0 radical (unpaired) electrons. The minimum Gasteiger partial charge on any atom is -0.380 e. The highest BCUT2D eigenvalue weighted by Crippen LogP contribution is 2.26. The van der Waals surface area contributed by atoms with E-state index in [4.69, 9.17) is 11.6 Å². The van der Waals surface area contributed by atoms with Crippen molar-refractivity contribution in [1.29, 1.82) is 0 Å². The third-order valence-corrected chi connectivity index (χ3v) is 4.43. The van der Waals surface area contributed by atoms with Gasteiger partial charge in [-0.2, -0.15) is 0 Å². The van der Waals surface area contributed by atoms with Crippen LogP contribution in [0.3, 0.4) is 0 Å². The Kier molecular flexibility index (Phi) is 5.67. The zero-order valence-corrected chi connectivity index (χ0v) is 13.1. The van der Waals surface area contributed by atoms with Crippen molar-refractivity contribution in [3.05, 3.63) is 29.0 Å². The van der Waals surface area contributed by atoms with E-state index in [0.29, 0.717) is 16.6 Å². The summed E-state index contributed by atoms with van der Waals surface area (Å²) in [5.74, 6) is 0.367. The lowest BCUT2D eigenvalue weighted by Gasteiger charge is -2.35. The predicted octanol–water partition coefficient (Wildman–Crippen LogP) is 4.40. The Morgan fingerprint density at radius 1 is 1.40 bits per heavy atom. The minimum atomic E-state index is -0.232. The lowest BCUT2D eigenvalue weighted by molar-refractivity contribution is 0.176. The Morgan fingerprint density at radius 2 is 2.10 bits per heavy atom. The van der Waals surface area contributed by atoms with E-state index in [1.165, 1.54) is 31.9 Å². The monoisotopic (exact) mass is 298 g/mol. The van der Waals surface area contributed by atoms with Crippen molar-refractivity contribution in [2.75, 3.05) is 25.0 Å². The van der Waals surface area contributed by atoms with Crippen molar-refractivity contribution in [2.24, 2.45) is 5.92 Å². The van der Waals surface area contributed by atoms with Gasteiger partial charge in [-0.25, -0.2) is 4.39 Å². The van der Waals surface area contributed by atoms with E-state index in [-0.39, 0.29) is 11.9 Å². The van der Waals surface area contributed by atoms with Gasteiger partial charge in [0.1, 0.15) is 5.82 Å². The maximum Gasteiger partial charge on any atom is 0.146 e. The molecular weight excluding hydrogens is 275 g/mol. The van der Waals surface area contributed by atoms with Crippen molar-refractivity contribution < 1.29 is 4.39 Å². The summed E-state index contributed by atoms with van der Waals surface area (Å²) in [6.45, 7) is 7.86. The summed E-state index contributed by atoms with van der Waals surface area (Å²) in [7, 11) is 0. The van der Waals surface area contributed by atoms with Gasteiger partial charge in [0.2, 0.25) is 0 Å². The number of halogens is 2. The van der Waals surface area contributed by atoms with Crippen LogP contribution in [-0.4, -0.2) is 30.6 Å². The van der Waals surface area contributed by atoms with E-state index in [2.05, 4.69) is 24.1 Å². The van der Waals surface area contributed by atoms with Crippen LogP contribution in [0.15, 0.2) is 18.2 Å². The summed E-state index contributed by atoms with van der Waals surface area (Å²) in [5.41, 5.74) is 0.515. The Bertz CT molecular complexity index is 430. The number of likely N-dealkylation sites (tertiary alicyclic amines) is 1. The normalized spacial score (nSPS) is 19.0. The van der Waals surface area contributed by atoms with Crippen LogP contribution in [0.5, 0.6) is 0 Å². The fraction of sp³-hybridized carbons (Fsp3) is 0.625. The molecule has 1 saturated heterocycles. The van der Waals surface area contributed by atoms with E-state index >= 15 is 0 Å². The molecule has 112 valence electrons. The molecule has 0 amide bonds. The molecular formula is C16H24ClFN2. The second-order valence-electron chi connectivity index (χ2n) is 5.74. The van der Waals surface area contributed by atoms with Crippen molar-refractivity contribution in [3.8, 4) is 0 Å². The van der Waals surface area contributed by atoms with Gasteiger partial charge in [0.05, 0.1) is 5.69 Å². The minimum absolute atomic E-state index is 0.232. The summed E-state index contributed by atoms with van der Waals surface area (Å²) in [6.07, 6.45) is 3.57. The van der Waals surface area contributed by atoms with E-state index in [9.17, 15) is 4.39 Å². The van der Waals surface area contributed by atoms with E-state index in [1.807, 2.05) is 0 Å². The largest absolute Gasteiger partial charge is 0.380 e. The number of hydrogen-bond donors (Lipinski definition) is 1. The van der Waals surface area contributed by atoms with Crippen molar-refractivity contribution in [3.63, 3.8) is 0 Å². The lowest BCUT2D eigenvalue weighted by Crippen LogP contribution is -2.39. The molecule has 0 spiro atoms. The predicted molar refractivity (Wildman–Crippen MR) is 83.9 cm³/mol. The van der Waals surface area contributed by atoms with Gasteiger partial charge in [0.25, 0.3) is 0 Å². The molecule has 4 heteroatoms. The highest BCUT2D eigenvalue weighted by Gasteiger charge is 2.23. The van der Waals surface area contributed by atoms with Crippen LogP contribution in [0.4, 0.5) is 10.1 Å². The van der Waals surface area contributed by atoms with Crippen molar-refractivity contribution >= 4 is 17.3 Å². The Labute approximate surface area is 126 Å². The zero-order valence-electron chi connectivity index (χ0n) is 12.3. The maximum absolute atomic E-state index is 13.7. The standard InChI is InChI=1S/C16H24ClFN2/c1-3-8-20-9-6-13(7-10-20)12(2)19-16-11-14(17)4-5-15(16)18/h4-5,11-13,19H,3,6-10H2,1-2H3. The molecule has 0 bridgehead atoms. The van der Waals surface area contributed by atoms with Crippen LogP contribution in [0.2, 0.25) is 5.02 Å². The van der Waals surface area contributed by atoms with Gasteiger partial charge in [0, 0.05) is 11.1 Å². The molecule has 20 heavy (non-hydrogen) atoms.